The molecule has 2 amide bonds. The van der Waals surface area contributed by atoms with Crippen LogP contribution in [0.4, 0.5) is 5.69 Å². The van der Waals surface area contributed by atoms with Crippen molar-refractivity contribution in [3.63, 3.8) is 0 Å². The van der Waals surface area contributed by atoms with Gasteiger partial charge in [-0.2, -0.15) is 0 Å². The standard InChI is InChI=1S/C20H30ClN3O2/c1-5-24(20(26)13-23-10-14(2)8-15(3)11-23)12-19(25)22-18-9-17(21)7-6-16(18)4/h6-7,9,14-15H,5,8,10-13H2,1-4H3,(H,22,25)/t14-,15-/m0/s1. The maximum absolute atomic E-state index is 12.6. The maximum Gasteiger partial charge on any atom is 0.244 e. The molecule has 0 unspecified atom stereocenters. The first-order chi connectivity index (χ1) is 12.3. The molecule has 0 aromatic heterocycles. The molecule has 0 radical (unpaired) electrons. The van der Waals surface area contributed by atoms with Gasteiger partial charge in [-0.25, -0.2) is 0 Å². The van der Waals surface area contributed by atoms with E-state index in [-0.39, 0.29) is 18.4 Å². The quantitative estimate of drug-likeness (QED) is 0.824. The maximum atomic E-state index is 12.6. The Balaban J connectivity index is 1.91. The van der Waals surface area contributed by atoms with Gasteiger partial charge < -0.3 is 10.2 Å². The van der Waals surface area contributed by atoms with Gasteiger partial charge in [0.05, 0.1) is 13.1 Å². The van der Waals surface area contributed by atoms with Crippen molar-refractivity contribution in [2.45, 2.75) is 34.1 Å². The van der Waals surface area contributed by atoms with Crippen LogP contribution >= 0.6 is 11.6 Å². The molecule has 6 heteroatoms. The smallest absolute Gasteiger partial charge is 0.244 e. The van der Waals surface area contributed by atoms with Crippen LogP contribution in [0.25, 0.3) is 0 Å². The molecule has 1 fully saturated rings. The van der Waals surface area contributed by atoms with Crippen LogP contribution in [0.15, 0.2) is 18.2 Å². The molecule has 1 N–H and O–H groups in total. The molecule has 1 aliphatic heterocycles. The summed E-state index contributed by atoms with van der Waals surface area (Å²) in [7, 11) is 0. The van der Waals surface area contributed by atoms with Crippen molar-refractivity contribution in [3.8, 4) is 0 Å². The Bertz CT molecular complexity index is 640. The molecule has 1 aromatic carbocycles. The predicted octanol–water partition coefficient (Wildman–Crippen LogP) is 3.41. The van der Waals surface area contributed by atoms with Gasteiger partial charge in [0.25, 0.3) is 0 Å². The van der Waals surface area contributed by atoms with E-state index in [9.17, 15) is 9.59 Å². The number of halogens is 1. The lowest BCUT2D eigenvalue weighted by Gasteiger charge is -2.35. The van der Waals surface area contributed by atoms with Crippen LogP contribution in [0.5, 0.6) is 0 Å². The van der Waals surface area contributed by atoms with Gasteiger partial charge in [-0.15, -0.1) is 0 Å². The molecule has 1 aliphatic rings. The van der Waals surface area contributed by atoms with Gasteiger partial charge in [-0.1, -0.05) is 31.5 Å². The number of rotatable bonds is 6. The fourth-order valence-corrected chi connectivity index (χ4v) is 3.85. The van der Waals surface area contributed by atoms with E-state index >= 15 is 0 Å². The molecule has 0 aliphatic carbocycles. The molecule has 1 aromatic rings. The summed E-state index contributed by atoms with van der Waals surface area (Å²) in [5.41, 5.74) is 1.62. The lowest BCUT2D eigenvalue weighted by molar-refractivity contribution is -0.136. The SMILES string of the molecule is CCN(CC(=O)Nc1cc(Cl)ccc1C)C(=O)CN1C[C@@H](C)C[C@H](C)C1. The first-order valence-corrected chi connectivity index (χ1v) is 9.72. The van der Waals surface area contributed by atoms with E-state index in [1.165, 1.54) is 6.42 Å². The summed E-state index contributed by atoms with van der Waals surface area (Å²) in [6.07, 6.45) is 1.21. The number of carbonyl (C=O) groups excluding carboxylic acids is 2. The van der Waals surface area contributed by atoms with Crippen LogP contribution in [0.3, 0.4) is 0 Å². The topological polar surface area (TPSA) is 52.7 Å². The number of likely N-dealkylation sites (tertiary alicyclic amines) is 1. The Hall–Kier alpha value is -1.59. The number of carbonyl (C=O) groups is 2. The van der Waals surface area contributed by atoms with Crippen LogP contribution in [-0.2, 0) is 9.59 Å². The molecule has 1 saturated heterocycles. The van der Waals surface area contributed by atoms with Gasteiger partial charge in [0, 0.05) is 30.3 Å². The summed E-state index contributed by atoms with van der Waals surface area (Å²) in [5, 5.41) is 3.43. The minimum absolute atomic E-state index is 0.00626. The van der Waals surface area contributed by atoms with Gasteiger partial charge in [0.15, 0.2) is 0 Å². The number of anilines is 1. The van der Waals surface area contributed by atoms with Crippen LogP contribution in [0.1, 0.15) is 32.8 Å². The van der Waals surface area contributed by atoms with Crippen molar-refractivity contribution in [3.05, 3.63) is 28.8 Å². The molecule has 26 heavy (non-hydrogen) atoms. The Labute approximate surface area is 161 Å². The Morgan fingerprint density at radius 1 is 1.27 bits per heavy atom. The second-order valence-corrected chi connectivity index (χ2v) is 7.99. The minimum atomic E-state index is -0.203. The molecule has 0 bridgehead atoms. The van der Waals surface area contributed by atoms with Crippen LogP contribution < -0.4 is 5.32 Å². The largest absolute Gasteiger partial charge is 0.333 e. The third-order valence-electron chi connectivity index (χ3n) is 4.85. The molecule has 5 nitrogen and oxygen atoms in total. The lowest BCUT2D eigenvalue weighted by Crippen LogP contribution is -2.47. The Morgan fingerprint density at radius 2 is 1.92 bits per heavy atom. The van der Waals surface area contributed by atoms with Gasteiger partial charge in [0.1, 0.15) is 0 Å². The summed E-state index contributed by atoms with van der Waals surface area (Å²) in [5.74, 6) is 1.02. The fraction of sp³-hybridized carbons (Fsp3) is 0.600. The molecule has 144 valence electrons. The predicted molar refractivity (Wildman–Crippen MR) is 106 cm³/mol. The summed E-state index contributed by atoms with van der Waals surface area (Å²) in [6, 6.07) is 5.37. The zero-order valence-corrected chi connectivity index (χ0v) is 17.0. The molecule has 2 atom stereocenters. The number of nitrogens with zero attached hydrogens (tertiary/aromatic N) is 2. The summed E-state index contributed by atoms with van der Waals surface area (Å²) >= 11 is 5.99. The van der Waals surface area contributed by atoms with Crippen molar-refractivity contribution in [1.29, 1.82) is 0 Å². The van der Waals surface area contributed by atoms with E-state index in [1.54, 1.807) is 17.0 Å². The summed E-state index contributed by atoms with van der Waals surface area (Å²) in [6.45, 7) is 11.1. The van der Waals surface area contributed by atoms with Crippen molar-refractivity contribution in [2.24, 2.45) is 11.8 Å². The normalized spacial score (nSPS) is 20.7. The number of hydrogen-bond acceptors (Lipinski definition) is 3. The third kappa shape index (κ3) is 5.99. The monoisotopic (exact) mass is 379 g/mol. The van der Waals surface area contributed by atoms with Crippen LogP contribution in [0, 0.1) is 18.8 Å². The molecular formula is C20H30ClN3O2. The van der Waals surface area contributed by atoms with E-state index in [4.69, 9.17) is 11.6 Å². The zero-order valence-electron chi connectivity index (χ0n) is 16.2. The summed E-state index contributed by atoms with van der Waals surface area (Å²) in [4.78, 5) is 28.9. The third-order valence-corrected chi connectivity index (χ3v) is 5.08. The minimum Gasteiger partial charge on any atom is -0.333 e. The van der Waals surface area contributed by atoms with E-state index < -0.39 is 0 Å². The zero-order chi connectivity index (χ0) is 19.3. The second-order valence-electron chi connectivity index (χ2n) is 7.56. The van der Waals surface area contributed by atoms with E-state index in [2.05, 4.69) is 24.1 Å². The number of nitrogens with one attached hydrogen (secondary N) is 1. The van der Waals surface area contributed by atoms with Gasteiger partial charge in [-0.3, -0.25) is 14.5 Å². The molecular weight excluding hydrogens is 350 g/mol. The highest BCUT2D eigenvalue weighted by Crippen LogP contribution is 2.21. The number of aryl methyl sites for hydroxylation is 1. The number of hydrogen-bond donors (Lipinski definition) is 1. The van der Waals surface area contributed by atoms with Crippen molar-refractivity contribution >= 4 is 29.1 Å². The highest BCUT2D eigenvalue weighted by molar-refractivity contribution is 6.31. The molecule has 0 saturated carbocycles. The fourth-order valence-electron chi connectivity index (χ4n) is 3.68. The highest BCUT2D eigenvalue weighted by Gasteiger charge is 2.25. The number of benzene rings is 1. The average molecular weight is 380 g/mol. The number of likely N-dealkylation sites (N-methyl/N-ethyl adjacent to an activating group) is 1. The van der Waals surface area contributed by atoms with E-state index in [1.807, 2.05) is 19.9 Å². The first-order valence-electron chi connectivity index (χ1n) is 9.34. The summed E-state index contributed by atoms with van der Waals surface area (Å²) < 4.78 is 0. The number of piperidine rings is 1. The highest BCUT2D eigenvalue weighted by atomic mass is 35.5. The second kappa shape index (κ2) is 9.38. The van der Waals surface area contributed by atoms with E-state index in [0.717, 1.165) is 18.7 Å². The Morgan fingerprint density at radius 3 is 2.54 bits per heavy atom. The Kier molecular flexibility index (Phi) is 7.47. The van der Waals surface area contributed by atoms with Crippen LogP contribution in [-0.4, -0.2) is 54.3 Å². The van der Waals surface area contributed by atoms with Crippen molar-refractivity contribution < 1.29 is 9.59 Å². The van der Waals surface area contributed by atoms with Crippen LogP contribution in [0.2, 0.25) is 5.02 Å². The average Bonchev–Trinajstić information content (AvgIpc) is 2.55. The van der Waals surface area contributed by atoms with Gasteiger partial charge in [-0.05, 0) is 49.8 Å². The van der Waals surface area contributed by atoms with E-state index in [0.29, 0.717) is 35.6 Å². The molecule has 0 spiro atoms. The first kappa shape index (κ1) is 20.7. The molecule has 2 rings (SSSR count). The lowest BCUT2D eigenvalue weighted by atomic mass is 9.92. The van der Waals surface area contributed by atoms with Gasteiger partial charge >= 0.3 is 0 Å². The van der Waals surface area contributed by atoms with Crippen molar-refractivity contribution in [1.82, 2.24) is 9.80 Å². The number of amides is 2. The van der Waals surface area contributed by atoms with Gasteiger partial charge in [0.2, 0.25) is 11.8 Å². The van der Waals surface area contributed by atoms with Crippen molar-refractivity contribution in [2.75, 3.05) is 38.0 Å². The molecule has 1 heterocycles.